The molecule has 6 nitrogen and oxygen atoms in total. The predicted molar refractivity (Wildman–Crippen MR) is 102 cm³/mol. The van der Waals surface area contributed by atoms with E-state index >= 15 is 0 Å². The van der Waals surface area contributed by atoms with Gasteiger partial charge in [-0.25, -0.2) is 10.2 Å². The molecule has 136 valence electrons. The molecular formula is C20H15ClN2O4. The summed E-state index contributed by atoms with van der Waals surface area (Å²) in [5.74, 6) is -0.615. The lowest BCUT2D eigenvalue weighted by molar-refractivity contribution is 0.0696. The van der Waals surface area contributed by atoms with Gasteiger partial charge in [0.25, 0.3) is 5.91 Å². The van der Waals surface area contributed by atoms with Crippen LogP contribution in [0.3, 0.4) is 0 Å². The fourth-order valence-electron chi connectivity index (χ4n) is 2.34. The molecule has 2 aromatic carbocycles. The zero-order valence-electron chi connectivity index (χ0n) is 14.3. The van der Waals surface area contributed by atoms with Crippen molar-refractivity contribution in [3.8, 4) is 11.3 Å². The number of furan rings is 1. The van der Waals surface area contributed by atoms with Crippen LogP contribution in [0.1, 0.15) is 32.0 Å². The van der Waals surface area contributed by atoms with E-state index in [4.69, 9.17) is 21.1 Å². The summed E-state index contributed by atoms with van der Waals surface area (Å²) in [5.41, 5.74) is 4.53. The number of halogens is 1. The van der Waals surface area contributed by atoms with Crippen molar-refractivity contribution in [1.29, 1.82) is 0 Å². The monoisotopic (exact) mass is 382 g/mol. The largest absolute Gasteiger partial charge is 0.478 e. The predicted octanol–water partition coefficient (Wildman–Crippen LogP) is 4.37. The summed E-state index contributed by atoms with van der Waals surface area (Å²) in [6, 6.07) is 14.7. The van der Waals surface area contributed by atoms with Gasteiger partial charge >= 0.3 is 5.97 Å². The minimum absolute atomic E-state index is 0.103. The van der Waals surface area contributed by atoms with Gasteiger partial charge in [-0.05, 0) is 49.4 Å². The maximum atomic E-state index is 12.0. The van der Waals surface area contributed by atoms with Gasteiger partial charge in [0, 0.05) is 11.1 Å². The number of rotatable bonds is 5. The third-order valence-electron chi connectivity index (χ3n) is 3.78. The quantitative estimate of drug-likeness (QED) is 0.506. The van der Waals surface area contributed by atoms with Crippen molar-refractivity contribution in [3.63, 3.8) is 0 Å². The highest BCUT2D eigenvalue weighted by Crippen LogP contribution is 2.30. The molecule has 0 bridgehead atoms. The SMILES string of the molecule is Cc1ccc(C(=O)N/N=C\c2ccc(-c3cc(C(=O)O)ccc3Cl)o2)cc1. The van der Waals surface area contributed by atoms with Crippen molar-refractivity contribution >= 4 is 29.7 Å². The second-order valence-corrected chi connectivity index (χ2v) is 6.17. The Kier molecular flexibility index (Phi) is 5.38. The number of aromatic carboxylic acids is 1. The first-order chi connectivity index (χ1) is 12.9. The number of nitrogens with zero attached hydrogens (tertiary/aromatic N) is 1. The number of benzene rings is 2. The van der Waals surface area contributed by atoms with Crippen LogP contribution in [-0.2, 0) is 0 Å². The zero-order valence-corrected chi connectivity index (χ0v) is 15.0. The zero-order chi connectivity index (χ0) is 19.4. The number of amides is 1. The second kappa shape index (κ2) is 7.88. The Morgan fingerprint density at radius 2 is 1.78 bits per heavy atom. The van der Waals surface area contributed by atoms with Crippen molar-refractivity contribution < 1.29 is 19.1 Å². The molecular weight excluding hydrogens is 368 g/mol. The average Bonchev–Trinajstić information content (AvgIpc) is 3.11. The van der Waals surface area contributed by atoms with Gasteiger partial charge < -0.3 is 9.52 Å². The van der Waals surface area contributed by atoms with Crippen LogP contribution in [-0.4, -0.2) is 23.2 Å². The maximum Gasteiger partial charge on any atom is 0.335 e. The van der Waals surface area contributed by atoms with Crippen LogP contribution in [0.2, 0.25) is 5.02 Å². The average molecular weight is 383 g/mol. The molecule has 1 heterocycles. The van der Waals surface area contributed by atoms with Crippen LogP contribution in [0.5, 0.6) is 0 Å². The van der Waals surface area contributed by atoms with E-state index in [0.29, 0.717) is 27.7 Å². The number of hydrogen-bond acceptors (Lipinski definition) is 4. The first-order valence-corrected chi connectivity index (χ1v) is 8.35. The van der Waals surface area contributed by atoms with E-state index in [1.807, 2.05) is 19.1 Å². The van der Waals surface area contributed by atoms with Gasteiger partial charge in [0.15, 0.2) is 0 Å². The smallest absolute Gasteiger partial charge is 0.335 e. The number of aryl methyl sites for hydroxylation is 1. The number of carboxylic acids is 1. The summed E-state index contributed by atoms with van der Waals surface area (Å²) < 4.78 is 5.61. The van der Waals surface area contributed by atoms with Crippen molar-refractivity contribution in [2.45, 2.75) is 6.92 Å². The number of nitrogens with one attached hydrogen (secondary N) is 1. The van der Waals surface area contributed by atoms with Gasteiger partial charge in [0.2, 0.25) is 0 Å². The van der Waals surface area contributed by atoms with Gasteiger partial charge in [0.05, 0.1) is 16.8 Å². The number of hydrogen-bond donors (Lipinski definition) is 2. The van der Waals surface area contributed by atoms with E-state index in [0.717, 1.165) is 5.56 Å². The molecule has 0 unspecified atom stereocenters. The summed E-state index contributed by atoms with van der Waals surface area (Å²) in [4.78, 5) is 23.1. The van der Waals surface area contributed by atoms with Crippen molar-refractivity contribution in [1.82, 2.24) is 5.43 Å². The van der Waals surface area contributed by atoms with Crippen molar-refractivity contribution in [2.24, 2.45) is 5.10 Å². The fraction of sp³-hybridized carbons (Fsp3) is 0.0500. The fourth-order valence-corrected chi connectivity index (χ4v) is 2.55. The van der Waals surface area contributed by atoms with Crippen LogP contribution in [0, 0.1) is 6.92 Å². The molecule has 0 spiro atoms. The van der Waals surface area contributed by atoms with E-state index in [9.17, 15) is 9.59 Å². The molecule has 0 aliphatic rings. The van der Waals surface area contributed by atoms with E-state index in [1.165, 1.54) is 24.4 Å². The molecule has 0 radical (unpaired) electrons. The molecule has 3 aromatic rings. The number of carbonyl (C=O) groups excluding carboxylic acids is 1. The molecule has 2 N–H and O–H groups in total. The molecule has 0 saturated carbocycles. The summed E-state index contributed by atoms with van der Waals surface area (Å²) in [6.07, 6.45) is 1.35. The maximum absolute atomic E-state index is 12.0. The second-order valence-electron chi connectivity index (χ2n) is 5.77. The number of hydrazone groups is 1. The van der Waals surface area contributed by atoms with Crippen LogP contribution < -0.4 is 5.43 Å². The molecule has 0 saturated heterocycles. The Morgan fingerprint density at radius 3 is 2.48 bits per heavy atom. The van der Waals surface area contributed by atoms with E-state index < -0.39 is 5.97 Å². The molecule has 27 heavy (non-hydrogen) atoms. The van der Waals surface area contributed by atoms with Crippen LogP contribution in [0.4, 0.5) is 0 Å². The Bertz CT molecular complexity index is 1020. The van der Waals surface area contributed by atoms with Gasteiger partial charge in [-0.3, -0.25) is 4.79 Å². The number of carboxylic acid groups (broad SMARTS) is 1. The first-order valence-electron chi connectivity index (χ1n) is 7.97. The van der Waals surface area contributed by atoms with Crippen molar-refractivity contribution in [3.05, 3.63) is 82.1 Å². The Hall–Kier alpha value is -3.38. The third kappa shape index (κ3) is 4.43. The number of carbonyl (C=O) groups is 2. The van der Waals surface area contributed by atoms with E-state index in [-0.39, 0.29) is 11.5 Å². The molecule has 0 atom stereocenters. The Labute approximate surface area is 160 Å². The van der Waals surface area contributed by atoms with Crippen molar-refractivity contribution in [2.75, 3.05) is 0 Å². The highest BCUT2D eigenvalue weighted by molar-refractivity contribution is 6.33. The molecule has 7 heteroatoms. The summed E-state index contributed by atoms with van der Waals surface area (Å²) in [5, 5.41) is 13.3. The van der Waals surface area contributed by atoms with E-state index in [2.05, 4.69) is 10.5 Å². The highest BCUT2D eigenvalue weighted by atomic mass is 35.5. The molecule has 3 rings (SSSR count). The van der Waals surface area contributed by atoms with Gasteiger partial charge in [-0.1, -0.05) is 29.3 Å². The standard InChI is InChI=1S/C20H15ClN2O4/c1-12-2-4-13(5-3-12)19(24)23-22-11-15-7-9-18(27-15)16-10-14(20(25)26)6-8-17(16)21/h2-11H,1H3,(H,23,24)(H,25,26)/b22-11-. The summed E-state index contributed by atoms with van der Waals surface area (Å²) in [7, 11) is 0. The molecule has 0 aliphatic carbocycles. The van der Waals surface area contributed by atoms with Gasteiger partial charge in [0.1, 0.15) is 11.5 Å². The highest BCUT2D eigenvalue weighted by Gasteiger charge is 2.12. The summed E-state index contributed by atoms with van der Waals surface area (Å²) >= 11 is 6.13. The van der Waals surface area contributed by atoms with E-state index in [1.54, 1.807) is 24.3 Å². The van der Waals surface area contributed by atoms with Gasteiger partial charge in [-0.2, -0.15) is 5.10 Å². The minimum Gasteiger partial charge on any atom is -0.478 e. The lowest BCUT2D eigenvalue weighted by atomic mass is 10.1. The summed E-state index contributed by atoms with van der Waals surface area (Å²) in [6.45, 7) is 1.94. The van der Waals surface area contributed by atoms with Gasteiger partial charge in [-0.15, -0.1) is 0 Å². The molecule has 0 fully saturated rings. The topological polar surface area (TPSA) is 91.9 Å². The lowest BCUT2D eigenvalue weighted by Crippen LogP contribution is -2.17. The van der Waals surface area contributed by atoms with Crippen LogP contribution in [0.25, 0.3) is 11.3 Å². The third-order valence-corrected chi connectivity index (χ3v) is 4.11. The normalized spacial score (nSPS) is 10.9. The molecule has 0 aliphatic heterocycles. The Morgan fingerprint density at radius 1 is 1.07 bits per heavy atom. The molecule has 1 aromatic heterocycles. The first kappa shape index (κ1) is 18.4. The lowest BCUT2D eigenvalue weighted by Gasteiger charge is -2.02. The minimum atomic E-state index is -1.06. The molecule has 1 amide bonds. The van der Waals surface area contributed by atoms with Crippen LogP contribution in [0.15, 0.2) is 64.1 Å². The van der Waals surface area contributed by atoms with Crippen LogP contribution >= 0.6 is 11.6 Å². The Balaban J connectivity index is 1.72.